The van der Waals surface area contributed by atoms with E-state index in [9.17, 15) is 36.3 Å². The summed E-state index contributed by atoms with van der Waals surface area (Å²) in [6.45, 7) is 0.253. The van der Waals surface area contributed by atoms with Crippen molar-refractivity contribution in [2.45, 2.75) is 17.6 Å². The minimum Gasteiger partial charge on any atom is -0.465 e. The molecule has 0 spiro atoms. The molecule has 0 aliphatic carbocycles. The molecule has 0 unspecified atom stereocenters. The summed E-state index contributed by atoms with van der Waals surface area (Å²) in [6.07, 6.45) is -5.95. The normalized spacial score (nSPS) is 11.9. The molecule has 0 aliphatic rings. The number of likely N-dealkylation sites (N-methyl/N-ethyl adjacent to an activating group) is 1. The molecule has 14 heteroatoms. The first kappa shape index (κ1) is 28.7. The van der Waals surface area contributed by atoms with Gasteiger partial charge in [0.15, 0.2) is 0 Å². The van der Waals surface area contributed by atoms with Crippen LogP contribution in [0.4, 0.5) is 23.7 Å². The molecule has 0 aliphatic heterocycles. The molecule has 1 heterocycles. The second-order valence-electron chi connectivity index (χ2n) is 8.60. The third kappa shape index (κ3) is 7.55. The highest BCUT2D eigenvalue weighted by atomic mass is 32.2. The van der Waals surface area contributed by atoms with Crippen LogP contribution in [0.3, 0.4) is 0 Å². The van der Waals surface area contributed by atoms with Crippen LogP contribution in [-0.2, 0) is 27.5 Å². The van der Waals surface area contributed by atoms with E-state index < -0.39 is 40.3 Å². The number of para-hydroxylation sites is 1. The Morgan fingerprint density at radius 3 is 2.32 bits per heavy atom. The van der Waals surface area contributed by atoms with Gasteiger partial charge in [-0.1, -0.05) is 18.2 Å². The van der Waals surface area contributed by atoms with Crippen molar-refractivity contribution in [2.75, 3.05) is 38.5 Å². The van der Waals surface area contributed by atoms with Crippen molar-refractivity contribution in [1.29, 1.82) is 0 Å². The van der Waals surface area contributed by atoms with Gasteiger partial charge in [-0.05, 0) is 50.5 Å². The molecule has 204 valence electrons. The number of hydrogen-bond acceptors (Lipinski definition) is 6. The van der Waals surface area contributed by atoms with Crippen LogP contribution in [-0.4, -0.2) is 74.0 Å². The van der Waals surface area contributed by atoms with Gasteiger partial charge >= 0.3 is 12.3 Å². The molecule has 10 nitrogen and oxygen atoms in total. The summed E-state index contributed by atoms with van der Waals surface area (Å²) in [5.41, 5.74) is -0.488. The summed E-state index contributed by atoms with van der Waals surface area (Å²) in [5, 5.41) is 12.7. The van der Waals surface area contributed by atoms with E-state index in [1.807, 2.05) is 19.0 Å². The number of rotatable bonds is 10. The Morgan fingerprint density at radius 2 is 1.71 bits per heavy atom. The number of carbonyl (C=O) groups is 2. The Kier molecular flexibility index (Phi) is 8.78. The quantitative estimate of drug-likeness (QED) is 0.351. The van der Waals surface area contributed by atoms with Crippen LogP contribution < -0.4 is 10.0 Å². The molecule has 0 fully saturated rings. The summed E-state index contributed by atoms with van der Waals surface area (Å²) in [5.74, 6) is -0.486. The lowest BCUT2D eigenvalue weighted by molar-refractivity contribution is -0.137. The number of hydrogen-bond donors (Lipinski definition) is 3. The zero-order valence-corrected chi connectivity index (χ0v) is 21.3. The summed E-state index contributed by atoms with van der Waals surface area (Å²) in [4.78, 5) is 30.6. The van der Waals surface area contributed by atoms with Crippen molar-refractivity contribution in [3.63, 3.8) is 0 Å². The summed E-state index contributed by atoms with van der Waals surface area (Å²) in [6, 6.07) is 10.9. The van der Waals surface area contributed by atoms with E-state index in [1.54, 1.807) is 24.3 Å². The van der Waals surface area contributed by atoms with Crippen molar-refractivity contribution in [3.05, 3.63) is 65.9 Å². The zero-order chi connectivity index (χ0) is 28.1. The first-order valence-corrected chi connectivity index (χ1v) is 12.7. The number of pyridine rings is 1. The van der Waals surface area contributed by atoms with Crippen molar-refractivity contribution in [1.82, 2.24) is 20.1 Å². The van der Waals surface area contributed by atoms with Crippen molar-refractivity contribution < 1.29 is 36.3 Å². The number of halogens is 3. The molecule has 3 rings (SSSR count). The van der Waals surface area contributed by atoms with Crippen LogP contribution >= 0.6 is 0 Å². The second kappa shape index (κ2) is 11.6. The number of alkyl halides is 3. The predicted octanol–water partition coefficient (Wildman–Crippen LogP) is 3.21. The molecule has 38 heavy (non-hydrogen) atoms. The largest absolute Gasteiger partial charge is 0.465 e. The molecule has 0 bridgehead atoms. The van der Waals surface area contributed by atoms with Gasteiger partial charge in [0.1, 0.15) is 6.54 Å². The van der Waals surface area contributed by atoms with Crippen LogP contribution in [0.2, 0.25) is 0 Å². The molecular formula is C24H26F3N5O5S. The van der Waals surface area contributed by atoms with Gasteiger partial charge in [-0.15, -0.1) is 0 Å². The van der Waals surface area contributed by atoms with E-state index in [0.717, 1.165) is 17.0 Å². The van der Waals surface area contributed by atoms with Gasteiger partial charge < -0.3 is 15.3 Å². The van der Waals surface area contributed by atoms with Crippen LogP contribution in [0.5, 0.6) is 0 Å². The third-order valence-electron chi connectivity index (χ3n) is 5.35. The molecule has 0 radical (unpaired) electrons. The third-order valence-corrected chi connectivity index (χ3v) is 6.73. The average Bonchev–Trinajstić information content (AvgIpc) is 2.83. The average molecular weight is 554 g/mol. The standard InChI is InChI=1S/C24H26F3N5O5S/c1-31(2)13-12-28-21(33)15-32(23(34)35)14-18-9-6-16-4-3-5-20(22(16)29-18)30-38(36,37)19-10-7-17(8-11-19)24(25,26)27/h3-11,30H,12-15H2,1-2H3,(H,28,33)(H,34,35). The monoisotopic (exact) mass is 553 g/mol. The smallest absolute Gasteiger partial charge is 0.416 e. The maximum Gasteiger partial charge on any atom is 0.416 e. The highest BCUT2D eigenvalue weighted by molar-refractivity contribution is 7.92. The number of anilines is 1. The molecule has 0 atom stereocenters. The molecule has 3 aromatic rings. The van der Waals surface area contributed by atoms with Crippen LogP contribution in [0, 0.1) is 0 Å². The summed E-state index contributed by atoms with van der Waals surface area (Å²) >= 11 is 0. The molecule has 1 aromatic heterocycles. The number of nitrogens with one attached hydrogen (secondary N) is 2. The Labute approximate surface area is 217 Å². The second-order valence-corrected chi connectivity index (χ2v) is 10.3. The van der Waals surface area contributed by atoms with Crippen LogP contribution in [0.15, 0.2) is 59.5 Å². The van der Waals surface area contributed by atoms with E-state index in [0.29, 0.717) is 30.6 Å². The Bertz CT molecular complexity index is 1410. The number of amides is 2. The van der Waals surface area contributed by atoms with Crippen molar-refractivity contribution >= 4 is 38.6 Å². The van der Waals surface area contributed by atoms with Gasteiger partial charge in [-0.2, -0.15) is 13.2 Å². The topological polar surface area (TPSA) is 132 Å². The Morgan fingerprint density at radius 1 is 1.03 bits per heavy atom. The number of fused-ring (bicyclic) bond motifs is 1. The lowest BCUT2D eigenvalue weighted by Gasteiger charge is -2.19. The molecule has 0 saturated heterocycles. The van der Waals surface area contributed by atoms with Gasteiger partial charge in [0.05, 0.1) is 33.9 Å². The Balaban J connectivity index is 1.82. The van der Waals surface area contributed by atoms with Crippen LogP contribution in [0.1, 0.15) is 11.3 Å². The highest BCUT2D eigenvalue weighted by Crippen LogP contribution is 2.30. The number of aromatic nitrogens is 1. The molecule has 0 saturated carbocycles. The van der Waals surface area contributed by atoms with E-state index in [4.69, 9.17) is 0 Å². The van der Waals surface area contributed by atoms with Gasteiger partial charge in [0, 0.05) is 18.5 Å². The number of nitrogens with zero attached hydrogens (tertiary/aromatic N) is 3. The van der Waals surface area contributed by atoms with Crippen molar-refractivity contribution in [3.8, 4) is 0 Å². The fraction of sp³-hybridized carbons (Fsp3) is 0.292. The van der Waals surface area contributed by atoms with E-state index in [2.05, 4.69) is 15.0 Å². The lowest BCUT2D eigenvalue weighted by Crippen LogP contribution is -2.41. The first-order valence-electron chi connectivity index (χ1n) is 11.2. The van der Waals surface area contributed by atoms with Gasteiger partial charge in [0.25, 0.3) is 10.0 Å². The maximum atomic E-state index is 12.9. The summed E-state index contributed by atoms with van der Waals surface area (Å²) in [7, 11) is -0.601. The number of benzene rings is 2. The molecule has 2 amide bonds. The minimum absolute atomic E-state index is 0.0487. The van der Waals surface area contributed by atoms with Gasteiger partial charge in [-0.3, -0.25) is 14.4 Å². The van der Waals surface area contributed by atoms with Gasteiger partial charge in [0.2, 0.25) is 5.91 Å². The fourth-order valence-electron chi connectivity index (χ4n) is 3.42. The Hall–Kier alpha value is -3.91. The number of sulfonamides is 1. The maximum absolute atomic E-state index is 12.9. The predicted molar refractivity (Wildman–Crippen MR) is 134 cm³/mol. The SMILES string of the molecule is CN(C)CCNC(=O)CN(Cc1ccc2cccc(NS(=O)(=O)c3ccc(C(F)(F)F)cc3)c2n1)C(=O)O. The van der Waals surface area contributed by atoms with E-state index in [-0.39, 0.29) is 28.3 Å². The number of carboxylic acid groups (broad SMARTS) is 1. The molecular weight excluding hydrogens is 527 g/mol. The van der Waals surface area contributed by atoms with E-state index >= 15 is 0 Å². The number of carbonyl (C=O) groups excluding carboxylic acids is 1. The highest BCUT2D eigenvalue weighted by Gasteiger charge is 2.30. The zero-order valence-electron chi connectivity index (χ0n) is 20.5. The lowest BCUT2D eigenvalue weighted by atomic mass is 10.1. The van der Waals surface area contributed by atoms with Gasteiger partial charge in [-0.25, -0.2) is 18.2 Å². The summed E-state index contributed by atoms with van der Waals surface area (Å²) < 4.78 is 66.5. The fourth-order valence-corrected chi connectivity index (χ4v) is 4.49. The van der Waals surface area contributed by atoms with Crippen LogP contribution in [0.25, 0.3) is 10.9 Å². The molecule has 2 aromatic carbocycles. The minimum atomic E-state index is -4.61. The first-order chi connectivity index (χ1) is 17.8. The van der Waals surface area contributed by atoms with Crippen molar-refractivity contribution in [2.24, 2.45) is 0 Å². The van der Waals surface area contributed by atoms with E-state index in [1.165, 1.54) is 6.07 Å². The molecule has 3 N–H and O–H groups in total.